The molecule has 4 heteroatoms. The molecule has 3 rings (SSSR count). The Balaban J connectivity index is 1.75. The lowest BCUT2D eigenvalue weighted by Gasteiger charge is -2.28. The Morgan fingerprint density at radius 3 is 2.74 bits per heavy atom. The third-order valence-electron chi connectivity index (χ3n) is 4.28. The van der Waals surface area contributed by atoms with E-state index in [0.29, 0.717) is 12.5 Å². The number of fused-ring (bicyclic) bond motifs is 1. The molecule has 1 amide bonds. The predicted molar refractivity (Wildman–Crippen MR) is 78.2 cm³/mol. The van der Waals surface area contributed by atoms with E-state index in [9.17, 15) is 4.79 Å². The van der Waals surface area contributed by atoms with Gasteiger partial charge >= 0.3 is 0 Å². The monoisotopic (exact) mass is 259 g/mol. The van der Waals surface area contributed by atoms with Crippen molar-refractivity contribution in [1.82, 2.24) is 0 Å². The number of hydrogen-bond donors (Lipinski definition) is 3. The van der Waals surface area contributed by atoms with Gasteiger partial charge in [-0.2, -0.15) is 0 Å². The molecular formula is C15H21N3O. The van der Waals surface area contributed by atoms with E-state index in [1.165, 1.54) is 25.7 Å². The minimum atomic E-state index is 0.0537. The van der Waals surface area contributed by atoms with Crippen molar-refractivity contribution in [3.05, 3.63) is 17.7 Å². The van der Waals surface area contributed by atoms with Gasteiger partial charge in [-0.1, -0.05) is 6.92 Å². The number of nitrogens with one attached hydrogen (secondary N) is 2. The summed E-state index contributed by atoms with van der Waals surface area (Å²) >= 11 is 0. The van der Waals surface area contributed by atoms with E-state index < -0.39 is 0 Å². The maximum absolute atomic E-state index is 11.4. The Bertz CT molecular complexity index is 504. The van der Waals surface area contributed by atoms with Crippen LogP contribution in [0.25, 0.3) is 0 Å². The quantitative estimate of drug-likeness (QED) is 0.715. The Kier molecular flexibility index (Phi) is 3.09. The van der Waals surface area contributed by atoms with Gasteiger partial charge in [0.1, 0.15) is 0 Å². The van der Waals surface area contributed by atoms with Crippen molar-refractivity contribution >= 4 is 23.0 Å². The molecule has 1 heterocycles. The topological polar surface area (TPSA) is 67.1 Å². The number of amides is 1. The second-order valence-corrected chi connectivity index (χ2v) is 5.92. The standard InChI is InChI=1S/C15H21N3O/c1-9-2-4-11(5-3-9)17-14-8-13-10(6-12(14)16)7-15(19)18-13/h6,8-9,11,17H,2-5,7,16H2,1H3,(H,18,19). The Labute approximate surface area is 113 Å². The molecule has 0 atom stereocenters. The molecule has 1 fully saturated rings. The number of benzene rings is 1. The van der Waals surface area contributed by atoms with Gasteiger partial charge in [0.05, 0.1) is 17.8 Å². The van der Waals surface area contributed by atoms with Gasteiger partial charge in [0.2, 0.25) is 5.91 Å². The largest absolute Gasteiger partial charge is 0.397 e. The van der Waals surface area contributed by atoms with Crippen molar-refractivity contribution in [2.24, 2.45) is 5.92 Å². The molecule has 0 aromatic heterocycles. The SMILES string of the molecule is CC1CCC(Nc2cc3c(cc2N)CC(=O)N3)CC1. The molecule has 0 saturated heterocycles. The fourth-order valence-corrected chi connectivity index (χ4v) is 3.04. The lowest BCUT2D eigenvalue weighted by Crippen LogP contribution is -2.25. The molecule has 19 heavy (non-hydrogen) atoms. The highest BCUT2D eigenvalue weighted by molar-refractivity contribution is 6.00. The highest BCUT2D eigenvalue weighted by atomic mass is 16.1. The summed E-state index contributed by atoms with van der Waals surface area (Å²) in [6, 6.07) is 4.41. The van der Waals surface area contributed by atoms with Crippen molar-refractivity contribution < 1.29 is 4.79 Å². The fourth-order valence-electron chi connectivity index (χ4n) is 3.04. The van der Waals surface area contributed by atoms with Crippen molar-refractivity contribution in [2.45, 2.75) is 45.1 Å². The van der Waals surface area contributed by atoms with Gasteiger partial charge in [-0.05, 0) is 49.3 Å². The Hall–Kier alpha value is -1.71. The molecule has 1 aliphatic heterocycles. The summed E-state index contributed by atoms with van der Waals surface area (Å²) in [5.41, 5.74) is 9.70. The minimum Gasteiger partial charge on any atom is -0.397 e. The number of rotatable bonds is 2. The molecule has 0 radical (unpaired) electrons. The van der Waals surface area contributed by atoms with Crippen LogP contribution in [0.1, 0.15) is 38.2 Å². The first-order valence-electron chi connectivity index (χ1n) is 7.10. The number of anilines is 3. The van der Waals surface area contributed by atoms with Crippen molar-refractivity contribution in [2.75, 3.05) is 16.4 Å². The number of nitrogen functional groups attached to an aromatic ring is 1. The Morgan fingerprint density at radius 1 is 1.26 bits per heavy atom. The second-order valence-electron chi connectivity index (χ2n) is 5.92. The third-order valence-corrected chi connectivity index (χ3v) is 4.28. The van der Waals surface area contributed by atoms with Crippen LogP contribution in [0.3, 0.4) is 0 Å². The van der Waals surface area contributed by atoms with E-state index in [-0.39, 0.29) is 5.91 Å². The van der Waals surface area contributed by atoms with Gasteiger partial charge in [-0.3, -0.25) is 4.79 Å². The maximum atomic E-state index is 11.4. The van der Waals surface area contributed by atoms with E-state index in [2.05, 4.69) is 17.6 Å². The van der Waals surface area contributed by atoms with Gasteiger partial charge in [-0.25, -0.2) is 0 Å². The van der Waals surface area contributed by atoms with Crippen LogP contribution in [0, 0.1) is 5.92 Å². The zero-order valence-electron chi connectivity index (χ0n) is 11.3. The number of hydrogen-bond acceptors (Lipinski definition) is 3. The number of nitrogens with two attached hydrogens (primary N) is 1. The highest BCUT2D eigenvalue weighted by Gasteiger charge is 2.22. The predicted octanol–water partition coefficient (Wildman–Crippen LogP) is 2.75. The normalized spacial score (nSPS) is 25.8. The van der Waals surface area contributed by atoms with Gasteiger partial charge in [0.25, 0.3) is 0 Å². The van der Waals surface area contributed by atoms with Crippen molar-refractivity contribution in [3.63, 3.8) is 0 Å². The van der Waals surface area contributed by atoms with Crippen LogP contribution in [-0.4, -0.2) is 11.9 Å². The summed E-state index contributed by atoms with van der Waals surface area (Å²) in [6.07, 6.45) is 5.40. The molecule has 0 spiro atoms. The summed E-state index contributed by atoms with van der Waals surface area (Å²) in [4.78, 5) is 11.4. The zero-order chi connectivity index (χ0) is 13.4. The Morgan fingerprint density at radius 2 is 2.00 bits per heavy atom. The molecule has 1 saturated carbocycles. The van der Waals surface area contributed by atoms with Crippen LogP contribution in [0.2, 0.25) is 0 Å². The third kappa shape index (κ3) is 2.53. The first-order valence-corrected chi connectivity index (χ1v) is 7.10. The van der Waals surface area contributed by atoms with Gasteiger partial charge in [0.15, 0.2) is 0 Å². The summed E-state index contributed by atoms with van der Waals surface area (Å²) < 4.78 is 0. The van der Waals surface area contributed by atoms with Crippen LogP contribution in [0.5, 0.6) is 0 Å². The fraction of sp³-hybridized carbons (Fsp3) is 0.533. The van der Waals surface area contributed by atoms with Gasteiger partial charge in [-0.15, -0.1) is 0 Å². The van der Waals surface area contributed by atoms with E-state index >= 15 is 0 Å². The molecule has 102 valence electrons. The molecule has 4 nitrogen and oxygen atoms in total. The van der Waals surface area contributed by atoms with E-state index in [0.717, 1.165) is 28.5 Å². The molecule has 0 bridgehead atoms. The number of carbonyl (C=O) groups excluding carboxylic acids is 1. The lowest BCUT2D eigenvalue weighted by atomic mass is 9.87. The molecule has 1 aromatic rings. The van der Waals surface area contributed by atoms with Crippen LogP contribution in [0.15, 0.2) is 12.1 Å². The summed E-state index contributed by atoms with van der Waals surface area (Å²) in [5, 5.41) is 6.41. The lowest BCUT2D eigenvalue weighted by molar-refractivity contribution is -0.115. The van der Waals surface area contributed by atoms with Crippen LogP contribution in [0.4, 0.5) is 17.1 Å². The summed E-state index contributed by atoms with van der Waals surface area (Å²) in [5.74, 6) is 0.896. The number of carbonyl (C=O) groups is 1. The molecule has 1 aromatic carbocycles. The van der Waals surface area contributed by atoms with E-state index in [1.54, 1.807) is 0 Å². The average molecular weight is 259 g/mol. The van der Waals surface area contributed by atoms with Crippen LogP contribution in [-0.2, 0) is 11.2 Å². The van der Waals surface area contributed by atoms with E-state index in [1.807, 2.05) is 12.1 Å². The van der Waals surface area contributed by atoms with Crippen molar-refractivity contribution in [1.29, 1.82) is 0 Å². The molecule has 0 unspecified atom stereocenters. The summed E-state index contributed by atoms with van der Waals surface area (Å²) in [7, 11) is 0. The zero-order valence-corrected chi connectivity index (χ0v) is 11.3. The maximum Gasteiger partial charge on any atom is 0.228 e. The highest BCUT2D eigenvalue weighted by Crippen LogP contribution is 2.33. The smallest absolute Gasteiger partial charge is 0.228 e. The first kappa shape index (κ1) is 12.3. The van der Waals surface area contributed by atoms with Gasteiger partial charge < -0.3 is 16.4 Å². The molecule has 1 aliphatic carbocycles. The van der Waals surface area contributed by atoms with Crippen LogP contribution < -0.4 is 16.4 Å². The second kappa shape index (κ2) is 4.76. The summed E-state index contributed by atoms with van der Waals surface area (Å²) in [6.45, 7) is 2.31. The first-order chi connectivity index (χ1) is 9.11. The van der Waals surface area contributed by atoms with Crippen LogP contribution >= 0.6 is 0 Å². The van der Waals surface area contributed by atoms with Crippen molar-refractivity contribution in [3.8, 4) is 0 Å². The molecule has 4 N–H and O–H groups in total. The molecule has 2 aliphatic rings. The minimum absolute atomic E-state index is 0.0537. The molecular weight excluding hydrogens is 238 g/mol. The van der Waals surface area contributed by atoms with E-state index in [4.69, 9.17) is 5.73 Å². The average Bonchev–Trinajstić information content (AvgIpc) is 2.72. The van der Waals surface area contributed by atoms with Gasteiger partial charge in [0, 0.05) is 11.7 Å².